The highest BCUT2D eigenvalue weighted by Crippen LogP contribution is 2.43. The minimum Gasteiger partial charge on any atom is -0.350 e. The third kappa shape index (κ3) is 3.36. The normalized spacial score (nSPS) is 14.1. The Bertz CT molecular complexity index is 983. The van der Waals surface area contributed by atoms with Gasteiger partial charge in [0, 0.05) is 30.0 Å². The van der Waals surface area contributed by atoms with Gasteiger partial charge in [0.2, 0.25) is 5.95 Å². The maximum absolute atomic E-state index is 9.67. The van der Waals surface area contributed by atoms with Crippen molar-refractivity contribution < 1.29 is 0 Å². The summed E-state index contributed by atoms with van der Waals surface area (Å²) in [4.78, 5) is 13.9. The molecule has 1 aromatic carbocycles. The van der Waals surface area contributed by atoms with E-state index in [1.54, 1.807) is 24.7 Å². The molecule has 6 nitrogen and oxygen atoms in total. The van der Waals surface area contributed by atoms with Crippen molar-refractivity contribution in [2.45, 2.75) is 11.4 Å². The molecule has 1 aliphatic heterocycles. The Hall–Kier alpha value is -3.37. The molecule has 0 saturated carbocycles. The third-order valence-corrected chi connectivity index (χ3v) is 4.86. The highest BCUT2D eigenvalue weighted by Gasteiger charge is 2.20. The van der Waals surface area contributed by atoms with Crippen molar-refractivity contribution >= 4 is 29.0 Å². The second-order valence-electron chi connectivity index (χ2n) is 5.52. The summed E-state index contributed by atoms with van der Waals surface area (Å²) in [6, 6.07) is 15.8. The molecule has 0 saturated heterocycles. The van der Waals surface area contributed by atoms with Crippen LogP contribution in [0.25, 0.3) is 5.57 Å². The Balaban J connectivity index is 1.57. The van der Waals surface area contributed by atoms with Gasteiger partial charge in [-0.15, -0.1) is 0 Å². The van der Waals surface area contributed by atoms with Crippen LogP contribution in [0.5, 0.6) is 0 Å². The molecular weight excluding hydrogens is 344 g/mol. The molecule has 126 valence electrons. The van der Waals surface area contributed by atoms with E-state index in [-0.39, 0.29) is 0 Å². The maximum atomic E-state index is 9.67. The van der Waals surface area contributed by atoms with E-state index < -0.39 is 0 Å². The van der Waals surface area contributed by atoms with Crippen molar-refractivity contribution in [1.29, 1.82) is 5.26 Å². The number of para-hydroxylation sites is 1. The summed E-state index contributed by atoms with van der Waals surface area (Å²) in [5.41, 5.74) is 3.12. The molecule has 0 bridgehead atoms. The van der Waals surface area contributed by atoms with E-state index in [4.69, 9.17) is 0 Å². The van der Waals surface area contributed by atoms with Gasteiger partial charge < -0.3 is 10.6 Å². The van der Waals surface area contributed by atoms with Gasteiger partial charge >= 0.3 is 0 Å². The fraction of sp³-hybridized carbons (Fsp3) is 0.0526. The summed E-state index contributed by atoms with van der Waals surface area (Å²) in [7, 11) is 0. The second kappa shape index (κ2) is 7.25. The van der Waals surface area contributed by atoms with Crippen LogP contribution in [-0.2, 0) is 6.54 Å². The Morgan fingerprint density at radius 1 is 1.15 bits per heavy atom. The first-order valence-corrected chi connectivity index (χ1v) is 8.79. The molecule has 0 spiro atoms. The van der Waals surface area contributed by atoms with Crippen LogP contribution in [0.3, 0.4) is 0 Å². The van der Waals surface area contributed by atoms with Crippen molar-refractivity contribution in [3.8, 4) is 6.07 Å². The van der Waals surface area contributed by atoms with Crippen LogP contribution in [0.1, 0.15) is 11.3 Å². The number of allylic oxidation sites excluding steroid dienone is 1. The fourth-order valence-electron chi connectivity index (χ4n) is 2.52. The minimum absolute atomic E-state index is 0.472. The second-order valence-corrected chi connectivity index (χ2v) is 6.57. The molecule has 0 fully saturated rings. The standard InChI is InChI=1S/C19H14N6S/c20-10-14(18-24-16-5-1-2-6-17(16)26-18)15-7-9-22-19(25-15)23-12-13-4-3-8-21-11-13/h1-9,11,24H,12H2,(H,22,23,25)/b18-14+. The molecule has 3 heterocycles. The third-order valence-electron chi connectivity index (χ3n) is 3.77. The molecule has 0 unspecified atom stereocenters. The molecule has 7 heteroatoms. The summed E-state index contributed by atoms with van der Waals surface area (Å²) in [5, 5.41) is 16.9. The molecule has 2 aromatic heterocycles. The first kappa shape index (κ1) is 16.1. The lowest BCUT2D eigenvalue weighted by Crippen LogP contribution is -2.05. The Morgan fingerprint density at radius 2 is 2.08 bits per heavy atom. The minimum atomic E-state index is 0.472. The molecule has 0 amide bonds. The number of hydrogen-bond acceptors (Lipinski definition) is 7. The van der Waals surface area contributed by atoms with Crippen LogP contribution in [0, 0.1) is 11.3 Å². The lowest BCUT2D eigenvalue weighted by Gasteiger charge is -2.07. The molecule has 0 aliphatic carbocycles. The topological polar surface area (TPSA) is 86.5 Å². The number of pyridine rings is 1. The quantitative estimate of drug-likeness (QED) is 0.684. The number of nitriles is 1. The molecular formula is C19H14N6S. The van der Waals surface area contributed by atoms with Gasteiger partial charge in [-0.25, -0.2) is 9.97 Å². The van der Waals surface area contributed by atoms with E-state index in [0.717, 1.165) is 21.2 Å². The number of hydrogen-bond donors (Lipinski definition) is 2. The van der Waals surface area contributed by atoms with Crippen molar-refractivity contribution in [2.24, 2.45) is 0 Å². The van der Waals surface area contributed by atoms with Crippen LogP contribution in [-0.4, -0.2) is 15.0 Å². The number of thioether (sulfide) groups is 1. The van der Waals surface area contributed by atoms with E-state index in [2.05, 4.69) is 31.7 Å². The molecule has 26 heavy (non-hydrogen) atoms. The average Bonchev–Trinajstić information content (AvgIpc) is 3.12. The summed E-state index contributed by atoms with van der Waals surface area (Å²) in [6.07, 6.45) is 5.17. The number of aromatic nitrogens is 3. The molecule has 1 aliphatic rings. The summed E-state index contributed by atoms with van der Waals surface area (Å²) < 4.78 is 0. The monoisotopic (exact) mass is 358 g/mol. The lowest BCUT2D eigenvalue weighted by molar-refractivity contribution is 1.03. The Kier molecular flexibility index (Phi) is 4.50. The predicted molar refractivity (Wildman–Crippen MR) is 102 cm³/mol. The van der Waals surface area contributed by atoms with Crippen LogP contribution < -0.4 is 10.6 Å². The summed E-state index contributed by atoms with van der Waals surface area (Å²) >= 11 is 1.54. The number of rotatable bonds is 4. The largest absolute Gasteiger partial charge is 0.350 e. The molecule has 2 N–H and O–H groups in total. The Morgan fingerprint density at radius 3 is 2.88 bits per heavy atom. The molecule has 3 aromatic rings. The van der Waals surface area contributed by atoms with Crippen molar-refractivity contribution in [2.75, 3.05) is 10.6 Å². The van der Waals surface area contributed by atoms with Gasteiger partial charge in [0.05, 0.1) is 16.4 Å². The van der Waals surface area contributed by atoms with E-state index >= 15 is 0 Å². The number of nitrogens with one attached hydrogen (secondary N) is 2. The van der Waals surface area contributed by atoms with Crippen LogP contribution in [0.4, 0.5) is 11.6 Å². The number of benzene rings is 1. The highest BCUT2D eigenvalue weighted by molar-refractivity contribution is 8.04. The Labute approximate surface area is 155 Å². The fourth-order valence-corrected chi connectivity index (χ4v) is 3.53. The van der Waals surface area contributed by atoms with E-state index in [9.17, 15) is 5.26 Å². The number of fused-ring (bicyclic) bond motifs is 1. The first-order valence-electron chi connectivity index (χ1n) is 7.98. The van der Waals surface area contributed by atoms with Crippen molar-refractivity contribution in [1.82, 2.24) is 15.0 Å². The van der Waals surface area contributed by atoms with E-state index in [1.165, 1.54) is 11.8 Å². The van der Waals surface area contributed by atoms with Gasteiger partial charge in [0.15, 0.2) is 0 Å². The van der Waals surface area contributed by atoms with Gasteiger partial charge in [-0.1, -0.05) is 30.0 Å². The smallest absolute Gasteiger partial charge is 0.223 e. The zero-order valence-corrected chi connectivity index (χ0v) is 14.5. The van der Waals surface area contributed by atoms with Crippen LogP contribution in [0.2, 0.25) is 0 Å². The van der Waals surface area contributed by atoms with Gasteiger partial charge in [-0.3, -0.25) is 4.98 Å². The predicted octanol–water partition coefficient (Wildman–Crippen LogP) is 3.89. The van der Waals surface area contributed by atoms with Crippen molar-refractivity contribution in [3.63, 3.8) is 0 Å². The lowest BCUT2D eigenvalue weighted by atomic mass is 10.2. The van der Waals surface area contributed by atoms with Gasteiger partial charge in [-0.2, -0.15) is 5.26 Å². The van der Waals surface area contributed by atoms with E-state index in [1.807, 2.05) is 36.4 Å². The average molecular weight is 358 g/mol. The van der Waals surface area contributed by atoms with Gasteiger partial charge in [0.25, 0.3) is 0 Å². The molecule has 4 rings (SSSR count). The number of nitrogens with zero attached hydrogens (tertiary/aromatic N) is 4. The molecule has 0 atom stereocenters. The van der Waals surface area contributed by atoms with Crippen molar-refractivity contribution in [3.05, 3.63) is 77.3 Å². The molecule has 0 radical (unpaired) electrons. The first-order chi connectivity index (χ1) is 12.8. The van der Waals surface area contributed by atoms with Gasteiger partial charge in [-0.05, 0) is 29.8 Å². The SMILES string of the molecule is N#C/C(=C1/Nc2ccccc2S1)c1ccnc(NCc2cccnc2)n1. The van der Waals surface area contributed by atoms with Gasteiger partial charge in [0.1, 0.15) is 11.6 Å². The zero-order chi connectivity index (χ0) is 17.8. The van der Waals surface area contributed by atoms with E-state index in [0.29, 0.717) is 23.8 Å². The van der Waals surface area contributed by atoms with Crippen LogP contribution in [0.15, 0.2) is 71.0 Å². The summed E-state index contributed by atoms with van der Waals surface area (Å²) in [5.74, 6) is 0.472. The number of anilines is 2. The maximum Gasteiger partial charge on any atom is 0.223 e. The summed E-state index contributed by atoms with van der Waals surface area (Å²) in [6.45, 7) is 0.564. The zero-order valence-electron chi connectivity index (χ0n) is 13.7. The highest BCUT2D eigenvalue weighted by atomic mass is 32.2. The van der Waals surface area contributed by atoms with Crippen LogP contribution >= 0.6 is 11.8 Å².